The van der Waals surface area contributed by atoms with Gasteiger partial charge in [0.25, 0.3) is 5.91 Å². The van der Waals surface area contributed by atoms with Crippen LogP contribution in [0.1, 0.15) is 51.0 Å². The van der Waals surface area contributed by atoms with Crippen molar-refractivity contribution >= 4 is 45.6 Å². The van der Waals surface area contributed by atoms with Crippen molar-refractivity contribution < 1.29 is 9.59 Å². The molecule has 6 nitrogen and oxygen atoms in total. The minimum atomic E-state index is -0.173. The van der Waals surface area contributed by atoms with Crippen LogP contribution in [0.5, 0.6) is 0 Å². The van der Waals surface area contributed by atoms with Gasteiger partial charge in [-0.15, -0.1) is 0 Å². The summed E-state index contributed by atoms with van der Waals surface area (Å²) < 4.78 is 0. The van der Waals surface area contributed by atoms with Gasteiger partial charge in [0.2, 0.25) is 5.91 Å². The van der Waals surface area contributed by atoms with E-state index in [1.54, 1.807) is 11.8 Å². The molecule has 0 aromatic heterocycles. The minimum absolute atomic E-state index is 0.128. The van der Waals surface area contributed by atoms with E-state index < -0.39 is 0 Å². The average molecular weight is 473 g/mol. The molecule has 3 N–H and O–H groups in total. The van der Waals surface area contributed by atoms with Crippen LogP contribution in [0.4, 0.5) is 11.4 Å². The molecular weight excluding hydrogens is 444 g/mol. The molecule has 2 aromatic carbocycles. The van der Waals surface area contributed by atoms with E-state index in [9.17, 15) is 9.59 Å². The van der Waals surface area contributed by atoms with Crippen molar-refractivity contribution in [2.75, 3.05) is 10.6 Å². The summed E-state index contributed by atoms with van der Waals surface area (Å²) in [5, 5.41) is 10.7. The van der Waals surface area contributed by atoms with E-state index in [1.807, 2.05) is 48.5 Å². The summed E-state index contributed by atoms with van der Waals surface area (Å²) in [6, 6.07) is 16.1. The Balaban J connectivity index is 1.40. The number of para-hydroxylation sites is 1. The molecule has 0 unspecified atom stereocenters. The number of allylic oxidation sites excluding steroid dienone is 1. The lowest BCUT2D eigenvalue weighted by molar-refractivity contribution is -0.119. The van der Waals surface area contributed by atoms with Gasteiger partial charge in [0.15, 0.2) is 0 Å². The van der Waals surface area contributed by atoms with Gasteiger partial charge in [-0.3, -0.25) is 9.59 Å². The number of hydrazone groups is 1. The Morgan fingerprint density at radius 2 is 1.88 bits per heavy atom. The number of nitrogens with zero attached hydrogens (tertiary/aromatic N) is 1. The summed E-state index contributed by atoms with van der Waals surface area (Å²) in [5.74, 6) is 0.0997. The summed E-state index contributed by atoms with van der Waals surface area (Å²) in [4.78, 5) is 27.1. The molecule has 1 saturated carbocycles. The van der Waals surface area contributed by atoms with Gasteiger partial charge >= 0.3 is 0 Å². The van der Waals surface area contributed by atoms with Crippen LogP contribution in [0.25, 0.3) is 4.91 Å². The fourth-order valence-electron chi connectivity index (χ4n) is 4.64. The predicted octanol–water partition coefficient (Wildman–Crippen LogP) is 5.91. The van der Waals surface area contributed by atoms with Gasteiger partial charge in [-0.1, -0.05) is 56.1 Å². The van der Waals surface area contributed by atoms with Gasteiger partial charge < -0.3 is 10.6 Å². The molecule has 2 aliphatic heterocycles. The molecule has 3 aliphatic rings. The molecule has 0 radical (unpaired) electrons. The van der Waals surface area contributed by atoms with E-state index in [2.05, 4.69) is 34.2 Å². The van der Waals surface area contributed by atoms with Crippen LogP contribution in [0.2, 0.25) is 0 Å². The Morgan fingerprint density at radius 3 is 2.65 bits per heavy atom. The third kappa shape index (κ3) is 4.66. The van der Waals surface area contributed by atoms with Gasteiger partial charge in [0.1, 0.15) is 0 Å². The molecule has 1 fully saturated rings. The predicted molar refractivity (Wildman–Crippen MR) is 138 cm³/mol. The maximum Gasteiger partial charge on any atom is 0.275 e. The minimum Gasteiger partial charge on any atom is -0.354 e. The second-order valence-electron chi connectivity index (χ2n) is 8.81. The molecule has 7 heteroatoms. The number of thioether (sulfide) groups is 1. The Bertz CT molecular complexity index is 1210. The van der Waals surface area contributed by atoms with Gasteiger partial charge in [-0.2, -0.15) is 5.10 Å². The quantitative estimate of drug-likeness (QED) is 0.456. The molecule has 2 heterocycles. The Kier molecular flexibility index (Phi) is 6.54. The van der Waals surface area contributed by atoms with Crippen LogP contribution in [0.3, 0.4) is 0 Å². The second-order valence-corrected chi connectivity index (χ2v) is 9.93. The first-order valence-electron chi connectivity index (χ1n) is 11.9. The summed E-state index contributed by atoms with van der Waals surface area (Å²) in [6.07, 6.45) is 7.95. The van der Waals surface area contributed by atoms with Crippen molar-refractivity contribution in [2.45, 2.75) is 50.3 Å². The number of carbonyl (C=O) groups is 2. The zero-order valence-electron chi connectivity index (χ0n) is 19.2. The standard InChI is InChI=1S/C27H28N4O2S/c1-2-7-22-25(27(33)31-30-22)23-16-24(20-10-5-6-11-21(20)29-23)34-19-14-12-18(13-15-19)28-26(32)17-8-3-4-9-17/h5-6,10-17,29H,2-4,7-9H2,1H3,(H,28,32)(H,31,33)/b25-23-. The largest absolute Gasteiger partial charge is 0.354 e. The Hall–Kier alpha value is -3.32. The first kappa shape index (κ1) is 22.5. The van der Waals surface area contributed by atoms with Gasteiger partial charge in [-0.05, 0) is 55.7 Å². The number of hydrogen-bond donors (Lipinski definition) is 3. The molecule has 0 bridgehead atoms. The van der Waals surface area contributed by atoms with Crippen molar-refractivity contribution in [3.05, 3.63) is 71.4 Å². The van der Waals surface area contributed by atoms with Crippen molar-refractivity contribution in [1.29, 1.82) is 0 Å². The molecule has 2 amide bonds. The molecular formula is C27H28N4O2S. The Labute approximate surface area is 204 Å². The highest BCUT2D eigenvalue weighted by atomic mass is 32.2. The highest BCUT2D eigenvalue weighted by Crippen LogP contribution is 2.42. The lowest BCUT2D eigenvalue weighted by atomic mass is 10.0. The number of anilines is 2. The van der Waals surface area contributed by atoms with E-state index >= 15 is 0 Å². The number of amides is 2. The molecule has 174 valence electrons. The zero-order chi connectivity index (χ0) is 23.5. The SMILES string of the molecule is CCCC1=NNC(=O)/C1=C1/C=C(Sc2ccc(NC(=O)C3CCCC3)cc2)c2ccccc2N1. The van der Waals surface area contributed by atoms with Crippen LogP contribution < -0.4 is 16.1 Å². The van der Waals surface area contributed by atoms with Crippen LogP contribution in [0, 0.1) is 5.92 Å². The summed E-state index contributed by atoms with van der Waals surface area (Å²) >= 11 is 1.64. The molecule has 0 spiro atoms. The summed E-state index contributed by atoms with van der Waals surface area (Å²) in [6.45, 7) is 2.08. The molecule has 1 aliphatic carbocycles. The first-order valence-corrected chi connectivity index (χ1v) is 12.7. The van der Waals surface area contributed by atoms with Crippen molar-refractivity contribution in [3.63, 3.8) is 0 Å². The monoisotopic (exact) mass is 472 g/mol. The maximum atomic E-state index is 12.6. The number of fused-ring (bicyclic) bond motifs is 1. The number of carbonyl (C=O) groups excluding carboxylic acids is 2. The van der Waals surface area contributed by atoms with Crippen LogP contribution in [-0.4, -0.2) is 17.5 Å². The normalized spacial score (nSPS) is 19.7. The van der Waals surface area contributed by atoms with Crippen molar-refractivity contribution in [1.82, 2.24) is 5.43 Å². The summed E-state index contributed by atoms with van der Waals surface area (Å²) in [7, 11) is 0. The van der Waals surface area contributed by atoms with E-state index in [0.29, 0.717) is 5.57 Å². The topological polar surface area (TPSA) is 82.6 Å². The van der Waals surface area contributed by atoms with E-state index in [-0.39, 0.29) is 17.7 Å². The highest BCUT2D eigenvalue weighted by Gasteiger charge is 2.28. The van der Waals surface area contributed by atoms with Crippen LogP contribution in [0.15, 0.2) is 75.9 Å². The van der Waals surface area contributed by atoms with E-state index in [0.717, 1.165) is 76.7 Å². The third-order valence-corrected chi connectivity index (χ3v) is 7.44. The van der Waals surface area contributed by atoms with Crippen molar-refractivity contribution in [3.8, 4) is 0 Å². The molecule has 34 heavy (non-hydrogen) atoms. The van der Waals surface area contributed by atoms with Crippen molar-refractivity contribution in [2.24, 2.45) is 11.0 Å². The molecule has 5 rings (SSSR count). The molecule has 0 atom stereocenters. The molecule has 2 aromatic rings. The number of hydrogen-bond acceptors (Lipinski definition) is 5. The van der Waals surface area contributed by atoms with Gasteiger partial charge in [0, 0.05) is 32.7 Å². The third-order valence-electron chi connectivity index (χ3n) is 6.38. The zero-order valence-corrected chi connectivity index (χ0v) is 20.0. The Morgan fingerprint density at radius 1 is 1.12 bits per heavy atom. The smallest absolute Gasteiger partial charge is 0.275 e. The number of nitrogens with one attached hydrogen (secondary N) is 3. The van der Waals surface area contributed by atoms with Gasteiger partial charge in [0.05, 0.1) is 17.0 Å². The fourth-order valence-corrected chi connectivity index (χ4v) is 5.63. The number of benzene rings is 2. The second kappa shape index (κ2) is 9.89. The fraction of sp³-hybridized carbons (Fsp3) is 0.296. The first-order chi connectivity index (χ1) is 16.6. The van der Waals surface area contributed by atoms with Crippen LogP contribution >= 0.6 is 11.8 Å². The highest BCUT2D eigenvalue weighted by molar-refractivity contribution is 8.08. The lowest BCUT2D eigenvalue weighted by Gasteiger charge is -2.22. The maximum absolute atomic E-state index is 12.6. The van der Waals surface area contributed by atoms with Crippen LogP contribution in [-0.2, 0) is 9.59 Å². The average Bonchev–Trinajstić information content (AvgIpc) is 3.51. The van der Waals surface area contributed by atoms with Gasteiger partial charge in [-0.25, -0.2) is 5.43 Å². The summed E-state index contributed by atoms with van der Waals surface area (Å²) in [5.41, 5.74) is 7.66. The molecule has 0 saturated heterocycles. The van der Waals surface area contributed by atoms with E-state index in [1.165, 1.54) is 0 Å². The lowest BCUT2D eigenvalue weighted by Crippen LogP contribution is -2.20. The van der Waals surface area contributed by atoms with E-state index in [4.69, 9.17) is 0 Å². The number of rotatable bonds is 6.